The Hall–Kier alpha value is -1.32. The number of ether oxygens (including phenoxy) is 1. The summed E-state index contributed by atoms with van der Waals surface area (Å²) in [5.41, 5.74) is 2.90. The fraction of sp³-hybridized carbons (Fsp3) is 0.444. The molecule has 2 nitrogen and oxygen atoms in total. The van der Waals surface area contributed by atoms with Crippen molar-refractivity contribution in [3.8, 4) is 5.75 Å². The van der Waals surface area contributed by atoms with Crippen LogP contribution in [0.4, 0.5) is 0 Å². The highest BCUT2D eigenvalue weighted by atomic mass is 32.1. The van der Waals surface area contributed by atoms with Crippen molar-refractivity contribution in [1.82, 2.24) is 5.32 Å². The average molecular weight is 301 g/mol. The number of hydrogen-bond donors (Lipinski definition) is 1. The molecule has 1 aliphatic rings. The molecule has 3 heteroatoms. The molecule has 1 aromatic heterocycles. The number of hydrogen-bond acceptors (Lipinski definition) is 3. The van der Waals surface area contributed by atoms with Gasteiger partial charge >= 0.3 is 0 Å². The summed E-state index contributed by atoms with van der Waals surface area (Å²) in [6.07, 6.45) is 5.22. The maximum atomic E-state index is 5.26. The van der Waals surface area contributed by atoms with Gasteiger partial charge in [-0.15, -0.1) is 11.3 Å². The van der Waals surface area contributed by atoms with Crippen LogP contribution in [0.1, 0.15) is 46.7 Å². The maximum Gasteiger partial charge on any atom is 0.118 e. The number of thiophene rings is 1. The van der Waals surface area contributed by atoms with Crippen LogP contribution < -0.4 is 10.1 Å². The number of nitrogens with one attached hydrogen (secondary N) is 1. The van der Waals surface area contributed by atoms with Crippen molar-refractivity contribution in [2.24, 2.45) is 0 Å². The monoisotopic (exact) mass is 301 g/mol. The fourth-order valence-electron chi connectivity index (χ4n) is 3.04. The minimum Gasteiger partial charge on any atom is -0.497 e. The molecule has 0 fully saturated rings. The number of aryl methyl sites for hydroxylation is 2. The molecular formula is C18H23NOS. The van der Waals surface area contributed by atoms with Crippen LogP contribution in [0.15, 0.2) is 30.3 Å². The average Bonchev–Trinajstić information content (AvgIpc) is 2.96. The van der Waals surface area contributed by atoms with Crippen molar-refractivity contribution in [3.63, 3.8) is 0 Å². The number of benzene rings is 1. The first-order valence-electron chi connectivity index (χ1n) is 7.80. The normalized spacial score (nSPS) is 15.5. The van der Waals surface area contributed by atoms with Gasteiger partial charge in [-0.05, 0) is 61.6 Å². The van der Waals surface area contributed by atoms with E-state index in [1.807, 2.05) is 23.5 Å². The predicted molar refractivity (Wildman–Crippen MR) is 89.5 cm³/mol. The van der Waals surface area contributed by atoms with Gasteiger partial charge in [0.25, 0.3) is 0 Å². The molecular weight excluding hydrogens is 278 g/mol. The molecule has 112 valence electrons. The molecule has 0 aliphatic heterocycles. The molecule has 0 bridgehead atoms. The van der Waals surface area contributed by atoms with Gasteiger partial charge in [0, 0.05) is 9.75 Å². The van der Waals surface area contributed by atoms with Crippen molar-refractivity contribution in [3.05, 3.63) is 51.2 Å². The molecule has 1 N–H and O–H groups in total. The molecule has 1 unspecified atom stereocenters. The standard InChI is InChI=1S/C18H23NOS/c1-3-19-18(13-8-10-15(20-2)11-9-13)17-12-14-6-4-5-7-16(14)21-17/h8-12,18-19H,3-7H2,1-2H3. The molecule has 0 radical (unpaired) electrons. The number of methoxy groups -OCH3 is 1. The van der Waals surface area contributed by atoms with Gasteiger partial charge in [0.1, 0.15) is 5.75 Å². The van der Waals surface area contributed by atoms with Crippen molar-refractivity contribution < 1.29 is 4.74 Å². The summed E-state index contributed by atoms with van der Waals surface area (Å²) in [6.45, 7) is 3.14. The Labute approximate surface area is 131 Å². The number of rotatable bonds is 5. The third-order valence-electron chi connectivity index (χ3n) is 4.16. The Bertz CT molecular complexity index is 564. The second-order valence-electron chi connectivity index (χ2n) is 5.57. The SMILES string of the molecule is CCNC(c1ccc(OC)cc1)c1cc2c(s1)CCCC2. The zero-order valence-electron chi connectivity index (χ0n) is 12.8. The van der Waals surface area contributed by atoms with E-state index in [0.29, 0.717) is 6.04 Å². The lowest BCUT2D eigenvalue weighted by Gasteiger charge is -2.17. The first-order valence-corrected chi connectivity index (χ1v) is 8.62. The van der Waals surface area contributed by atoms with Gasteiger partial charge in [0.15, 0.2) is 0 Å². The van der Waals surface area contributed by atoms with E-state index in [1.54, 1.807) is 17.6 Å². The van der Waals surface area contributed by atoms with Crippen LogP contribution in [0.25, 0.3) is 0 Å². The van der Waals surface area contributed by atoms with Crippen LogP contribution in [0, 0.1) is 0 Å². The van der Waals surface area contributed by atoms with E-state index in [4.69, 9.17) is 4.74 Å². The summed E-state index contributed by atoms with van der Waals surface area (Å²) in [6, 6.07) is 11.2. The molecule has 0 amide bonds. The van der Waals surface area contributed by atoms with Gasteiger partial charge in [-0.3, -0.25) is 0 Å². The smallest absolute Gasteiger partial charge is 0.118 e. The molecule has 0 saturated carbocycles. The third-order valence-corrected chi connectivity index (χ3v) is 5.46. The third kappa shape index (κ3) is 3.14. The predicted octanol–water partition coefficient (Wildman–Crippen LogP) is 4.33. The summed E-state index contributed by atoms with van der Waals surface area (Å²) < 4.78 is 5.26. The molecule has 0 spiro atoms. The second-order valence-corrected chi connectivity index (χ2v) is 6.74. The van der Waals surface area contributed by atoms with Crippen molar-refractivity contribution in [1.29, 1.82) is 0 Å². The Balaban J connectivity index is 1.90. The molecule has 21 heavy (non-hydrogen) atoms. The van der Waals surface area contributed by atoms with E-state index in [0.717, 1.165) is 12.3 Å². The molecule has 3 rings (SSSR count). The van der Waals surface area contributed by atoms with Crippen LogP contribution >= 0.6 is 11.3 Å². The minimum absolute atomic E-state index is 0.302. The van der Waals surface area contributed by atoms with E-state index in [9.17, 15) is 0 Å². The van der Waals surface area contributed by atoms with Gasteiger partial charge in [0.05, 0.1) is 13.2 Å². The lowest BCUT2D eigenvalue weighted by Crippen LogP contribution is -2.21. The summed E-state index contributed by atoms with van der Waals surface area (Å²) in [5.74, 6) is 0.916. The van der Waals surface area contributed by atoms with E-state index >= 15 is 0 Å². The van der Waals surface area contributed by atoms with Crippen LogP contribution in [0.5, 0.6) is 5.75 Å². The summed E-state index contributed by atoms with van der Waals surface area (Å²) >= 11 is 1.99. The summed E-state index contributed by atoms with van der Waals surface area (Å²) in [5, 5.41) is 3.63. The van der Waals surface area contributed by atoms with Crippen LogP contribution in [0.3, 0.4) is 0 Å². The highest BCUT2D eigenvalue weighted by Gasteiger charge is 2.20. The van der Waals surface area contributed by atoms with E-state index in [1.165, 1.54) is 36.1 Å². The Kier molecular flexibility index (Phi) is 4.61. The topological polar surface area (TPSA) is 21.3 Å². The lowest BCUT2D eigenvalue weighted by atomic mass is 9.97. The first-order chi connectivity index (χ1) is 10.3. The Morgan fingerprint density at radius 2 is 1.95 bits per heavy atom. The molecule has 1 aliphatic carbocycles. The lowest BCUT2D eigenvalue weighted by molar-refractivity contribution is 0.414. The van der Waals surface area contributed by atoms with Gasteiger partial charge in [-0.25, -0.2) is 0 Å². The van der Waals surface area contributed by atoms with Crippen molar-refractivity contribution >= 4 is 11.3 Å². The minimum atomic E-state index is 0.302. The molecule has 2 aromatic rings. The maximum absolute atomic E-state index is 5.26. The zero-order valence-corrected chi connectivity index (χ0v) is 13.6. The quantitative estimate of drug-likeness (QED) is 0.887. The molecule has 1 aromatic carbocycles. The summed E-state index contributed by atoms with van der Waals surface area (Å²) in [7, 11) is 1.71. The highest BCUT2D eigenvalue weighted by Crippen LogP contribution is 2.35. The van der Waals surface area contributed by atoms with Crippen LogP contribution in [-0.2, 0) is 12.8 Å². The van der Waals surface area contributed by atoms with Gasteiger partial charge in [0.2, 0.25) is 0 Å². The second kappa shape index (κ2) is 6.63. The molecule has 0 saturated heterocycles. The Morgan fingerprint density at radius 3 is 2.62 bits per heavy atom. The molecule has 1 atom stereocenters. The van der Waals surface area contributed by atoms with Gasteiger partial charge < -0.3 is 10.1 Å². The fourth-order valence-corrected chi connectivity index (χ4v) is 4.40. The number of fused-ring (bicyclic) bond motifs is 1. The van der Waals surface area contributed by atoms with E-state index < -0.39 is 0 Å². The first kappa shape index (κ1) is 14.6. The van der Waals surface area contributed by atoms with Crippen LogP contribution in [0.2, 0.25) is 0 Å². The highest BCUT2D eigenvalue weighted by molar-refractivity contribution is 7.12. The largest absolute Gasteiger partial charge is 0.497 e. The van der Waals surface area contributed by atoms with Gasteiger partial charge in [-0.1, -0.05) is 19.1 Å². The summed E-state index contributed by atoms with van der Waals surface area (Å²) in [4.78, 5) is 3.06. The zero-order chi connectivity index (χ0) is 14.7. The molecule has 1 heterocycles. The van der Waals surface area contributed by atoms with E-state index in [2.05, 4.69) is 30.4 Å². The van der Waals surface area contributed by atoms with Gasteiger partial charge in [-0.2, -0.15) is 0 Å². The van der Waals surface area contributed by atoms with Crippen molar-refractivity contribution in [2.45, 2.75) is 38.6 Å². The Morgan fingerprint density at radius 1 is 1.19 bits per heavy atom. The van der Waals surface area contributed by atoms with Crippen LogP contribution in [-0.4, -0.2) is 13.7 Å². The van der Waals surface area contributed by atoms with E-state index in [-0.39, 0.29) is 0 Å². The van der Waals surface area contributed by atoms with Crippen molar-refractivity contribution in [2.75, 3.05) is 13.7 Å².